The normalized spacial score (nSPS) is 20.5. The van der Waals surface area contributed by atoms with Crippen molar-refractivity contribution in [3.8, 4) is 0 Å². The molecule has 0 radical (unpaired) electrons. The van der Waals surface area contributed by atoms with Crippen molar-refractivity contribution in [2.45, 2.75) is 18.9 Å². The number of pyridine rings is 1. The number of aromatic carboxylic acids is 1. The second-order valence-corrected chi connectivity index (χ2v) is 8.33. The molecule has 5 rings (SSSR count). The molecule has 1 aromatic carbocycles. The number of amides is 4. The summed E-state index contributed by atoms with van der Waals surface area (Å²) in [6, 6.07) is 7.25. The number of nitrogens with one attached hydrogen (secondary N) is 1. The van der Waals surface area contributed by atoms with Crippen LogP contribution in [-0.2, 0) is 9.59 Å². The molecule has 0 aliphatic carbocycles. The van der Waals surface area contributed by atoms with Crippen LogP contribution in [0, 0.1) is 0 Å². The fourth-order valence-electron chi connectivity index (χ4n) is 4.64. The van der Waals surface area contributed by atoms with Crippen LogP contribution in [-0.4, -0.2) is 76.8 Å². The zero-order chi connectivity index (χ0) is 24.0. The fraction of sp³-hybridized carbons (Fsp3) is 0.304. The van der Waals surface area contributed by atoms with Gasteiger partial charge in [-0.25, -0.2) is 9.78 Å². The summed E-state index contributed by atoms with van der Waals surface area (Å²) in [6.07, 6.45) is 1.50. The molecule has 1 unspecified atom stereocenters. The number of rotatable bonds is 4. The lowest BCUT2D eigenvalue weighted by Crippen LogP contribution is -2.54. The third-order valence-electron chi connectivity index (χ3n) is 6.39. The molecule has 2 aromatic rings. The lowest BCUT2D eigenvalue weighted by molar-refractivity contribution is -0.136. The molecular formula is C23H21N5O6. The molecule has 3 aliphatic heterocycles. The molecule has 0 spiro atoms. The number of fused-ring (bicyclic) bond motifs is 1. The van der Waals surface area contributed by atoms with E-state index in [2.05, 4.69) is 10.3 Å². The van der Waals surface area contributed by atoms with Crippen LogP contribution in [0.25, 0.3) is 0 Å². The maximum absolute atomic E-state index is 13.3. The number of anilines is 2. The minimum absolute atomic E-state index is 0.0696. The van der Waals surface area contributed by atoms with Gasteiger partial charge in [-0.05, 0) is 30.7 Å². The summed E-state index contributed by atoms with van der Waals surface area (Å²) in [4.78, 5) is 70.4. The second kappa shape index (κ2) is 8.25. The van der Waals surface area contributed by atoms with Crippen molar-refractivity contribution < 1.29 is 29.1 Å². The molecule has 11 heteroatoms. The molecule has 2 fully saturated rings. The first-order valence-electron chi connectivity index (χ1n) is 10.9. The van der Waals surface area contributed by atoms with E-state index in [1.807, 2.05) is 9.80 Å². The summed E-state index contributed by atoms with van der Waals surface area (Å²) in [7, 11) is 0. The number of nitrogens with zero attached hydrogens (tertiary/aromatic N) is 4. The topological polar surface area (TPSA) is 140 Å². The lowest BCUT2D eigenvalue weighted by atomic mass is 10.0. The molecule has 4 amide bonds. The van der Waals surface area contributed by atoms with Crippen LogP contribution in [0.1, 0.15) is 43.9 Å². The van der Waals surface area contributed by atoms with E-state index in [1.165, 1.54) is 12.3 Å². The van der Waals surface area contributed by atoms with Gasteiger partial charge in [-0.2, -0.15) is 0 Å². The molecule has 1 aromatic heterocycles. The summed E-state index contributed by atoms with van der Waals surface area (Å²) in [5.74, 6) is -2.48. The van der Waals surface area contributed by atoms with Gasteiger partial charge in [0.2, 0.25) is 11.8 Å². The lowest BCUT2D eigenvalue weighted by Gasteiger charge is -2.37. The smallest absolute Gasteiger partial charge is 0.337 e. The van der Waals surface area contributed by atoms with E-state index in [0.717, 1.165) is 4.90 Å². The number of piperazine rings is 1. The third-order valence-corrected chi connectivity index (χ3v) is 6.39. The van der Waals surface area contributed by atoms with Gasteiger partial charge in [-0.15, -0.1) is 0 Å². The Bertz CT molecular complexity index is 1220. The Kier molecular flexibility index (Phi) is 5.23. The molecule has 2 saturated heterocycles. The highest BCUT2D eigenvalue weighted by atomic mass is 16.4. The van der Waals surface area contributed by atoms with Crippen LogP contribution in [0.4, 0.5) is 11.5 Å². The summed E-state index contributed by atoms with van der Waals surface area (Å²) >= 11 is 0. The van der Waals surface area contributed by atoms with E-state index in [0.29, 0.717) is 37.7 Å². The van der Waals surface area contributed by atoms with Gasteiger partial charge in [0.25, 0.3) is 11.8 Å². The summed E-state index contributed by atoms with van der Waals surface area (Å²) in [5, 5.41) is 11.2. The Hall–Kier alpha value is -4.28. The minimum atomic E-state index is -1.03. The Balaban J connectivity index is 1.34. The van der Waals surface area contributed by atoms with Crippen molar-refractivity contribution in [1.82, 2.24) is 15.2 Å². The molecule has 3 aliphatic rings. The maximum Gasteiger partial charge on any atom is 0.337 e. The minimum Gasteiger partial charge on any atom is -0.478 e. The summed E-state index contributed by atoms with van der Waals surface area (Å²) in [5.41, 5.74) is 1.26. The molecule has 0 bridgehead atoms. The number of carboxylic acid groups (broad SMARTS) is 1. The number of hydrogen-bond acceptors (Lipinski definition) is 8. The highest BCUT2D eigenvalue weighted by molar-refractivity contribution is 6.25. The summed E-state index contributed by atoms with van der Waals surface area (Å²) in [6.45, 7) is 2.28. The predicted octanol–water partition coefficient (Wildman–Crippen LogP) is 0.508. The zero-order valence-electron chi connectivity index (χ0n) is 18.1. The van der Waals surface area contributed by atoms with E-state index >= 15 is 0 Å². The summed E-state index contributed by atoms with van der Waals surface area (Å²) < 4.78 is 0. The molecule has 2 N–H and O–H groups in total. The molecule has 4 heterocycles. The van der Waals surface area contributed by atoms with Crippen LogP contribution in [0.2, 0.25) is 0 Å². The van der Waals surface area contributed by atoms with Crippen molar-refractivity contribution in [2.75, 3.05) is 36.0 Å². The number of imide groups is 2. The van der Waals surface area contributed by atoms with Gasteiger partial charge in [0.05, 0.1) is 22.4 Å². The van der Waals surface area contributed by atoms with Gasteiger partial charge in [0.1, 0.15) is 11.9 Å². The standard InChI is InChI=1S/C23H21N5O6/c29-18-7-5-16(20(30)25-18)28-21(31)14-2-1-3-15(19(14)22(28)32)26-8-10-27(11-9-26)17-6-4-13(12-24-17)23(33)34/h1-4,6,12,16H,5,7-11H2,(H,33,34)(H,25,29,30). The number of carbonyl (C=O) groups is 5. The van der Waals surface area contributed by atoms with Crippen LogP contribution in [0.3, 0.4) is 0 Å². The number of carboxylic acids is 1. The van der Waals surface area contributed by atoms with Crippen molar-refractivity contribution >= 4 is 41.1 Å². The van der Waals surface area contributed by atoms with Gasteiger partial charge in [0.15, 0.2) is 0 Å². The van der Waals surface area contributed by atoms with Gasteiger partial charge in [-0.1, -0.05) is 6.07 Å². The molecular weight excluding hydrogens is 442 g/mol. The fourth-order valence-corrected chi connectivity index (χ4v) is 4.64. The predicted molar refractivity (Wildman–Crippen MR) is 119 cm³/mol. The second-order valence-electron chi connectivity index (χ2n) is 8.33. The highest BCUT2D eigenvalue weighted by Gasteiger charge is 2.46. The van der Waals surface area contributed by atoms with E-state index in [9.17, 15) is 24.0 Å². The van der Waals surface area contributed by atoms with Crippen molar-refractivity contribution in [1.29, 1.82) is 0 Å². The van der Waals surface area contributed by atoms with Gasteiger partial charge >= 0.3 is 5.97 Å². The average molecular weight is 463 g/mol. The Morgan fingerprint density at radius 3 is 2.35 bits per heavy atom. The van der Waals surface area contributed by atoms with E-state index in [4.69, 9.17) is 5.11 Å². The largest absolute Gasteiger partial charge is 0.478 e. The quantitative estimate of drug-likeness (QED) is 0.621. The Morgan fingerprint density at radius 2 is 1.71 bits per heavy atom. The SMILES string of the molecule is O=C1CCC(N2C(=O)c3cccc(N4CCN(c5ccc(C(=O)O)cn5)CC4)c3C2=O)C(=O)N1. The Morgan fingerprint density at radius 1 is 0.971 bits per heavy atom. The van der Waals surface area contributed by atoms with E-state index in [-0.39, 0.29) is 29.5 Å². The zero-order valence-corrected chi connectivity index (χ0v) is 18.1. The van der Waals surface area contributed by atoms with Crippen LogP contribution in [0.15, 0.2) is 36.5 Å². The first-order chi connectivity index (χ1) is 16.3. The molecule has 1 atom stereocenters. The number of hydrogen-bond donors (Lipinski definition) is 2. The van der Waals surface area contributed by atoms with Crippen molar-refractivity contribution in [3.63, 3.8) is 0 Å². The first kappa shape index (κ1) is 21.6. The molecule has 11 nitrogen and oxygen atoms in total. The van der Waals surface area contributed by atoms with Gasteiger partial charge in [-0.3, -0.25) is 29.4 Å². The highest BCUT2D eigenvalue weighted by Crippen LogP contribution is 2.34. The Labute approximate surface area is 194 Å². The van der Waals surface area contributed by atoms with Gasteiger partial charge in [0, 0.05) is 38.8 Å². The molecule has 174 valence electrons. The first-order valence-corrected chi connectivity index (χ1v) is 10.9. The average Bonchev–Trinajstić information content (AvgIpc) is 3.09. The van der Waals surface area contributed by atoms with E-state index < -0.39 is 35.6 Å². The van der Waals surface area contributed by atoms with Crippen LogP contribution >= 0.6 is 0 Å². The number of benzene rings is 1. The number of carbonyl (C=O) groups excluding carboxylic acids is 4. The van der Waals surface area contributed by atoms with Crippen molar-refractivity contribution in [3.05, 3.63) is 53.2 Å². The number of aromatic nitrogens is 1. The third kappa shape index (κ3) is 3.54. The van der Waals surface area contributed by atoms with E-state index in [1.54, 1.807) is 24.3 Å². The maximum atomic E-state index is 13.3. The van der Waals surface area contributed by atoms with Gasteiger partial charge < -0.3 is 14.9 Å². The molecule has 0 saturated carbocycles. The van der Waals surface area contributed by atoms with Crippen LogP contribution in [0.5, 0.6) is 0 Å². The number of piperidine rings is 1. The van der Waals surface area contributed by atoms with Crippen molar-refractivity contribution in [2.24, 2.45) is 0 Å². The molecule has 34 heavy (non-hydrogen) atoms. The van der Waals surface area contributed by atoms with Crippen LogP contribution < -0.4 is 15.1 Å². The monoisotopic (exact) mass is 463 g/mol.